The van der Waals surface area contributed by atoms with E-state index in [0.717, 1.165) is 19.6 Å². The smallest absolute Gasteiger partial charge is 0.232 e. The number of morpholine rings is 1. The van der Waals surface area contributed by atoms with Gasteiger partial charge in [-0.05, 0) is 32.9 Å². The molecule has 98 valence electrons. The second-order valence-electron chi connectivity index (χ2n) is 4.77. The monoisotopic (exact) mass is 258 g/mol. The van der Waals surface area contributed by atoms with Gasteiger partial charge in [0.15, 0.2) is 0 Å². The van der Waals surface area contributed by atoms with Crippen molar-refractivity contribution in [3.05, 3.63) is 0 Å². The van der Waals surface area contributed by atoms with Crippen molar-refractivity contribution in [2.75, 3.05) is 38.6 Å². The largest absolute Gasteiger partial charge is 0.377 e. The van der Waals surface area contributed by atoms with Crippen LogP contribution in [-0.2, 0) is 9.53 Å². The van der Waals surface area contributed by atoms with Gasteiger partial charge in [-0.15, -0.1) is 11.8 Å². The zero-order chi connectivity index (χ0) is 12.1. The van der Waals surface area contributed by atoms with Gasteiger partial charge in [0.05, 0.1) is 25.0 Å². The Balaban J connectivity index is 1.72. The van der Waals surface area contributed by atoms with Crippen molar-refractivity contribution in [1.29, 1.82) is 0 Å². The highest BCUT2D eigenvalue weighted by Crippen LogP contribution is 2.21. The van der Waals surface area contributed by atoms with Gasteiger partial charge in [0, 0.05) is 11.8 Å². The van der Waals surface area contributed by atoms with Gasteiger partial charge in [0.25, 0.3) is 0 Å². The number of hydrogen-bond donors (Lipinski definition) is 1. The first-order valence-electron chi connectivity index (χ1n) is 6.47. The van der Waals surface area contributed by atoms with Crippen LogP contribution in [0.4, 0.5) is 0 Å². The van der Waals surface area contributed by atoms with Crippen LogP contribution in [0.15, 0.2) is 0 Å². The van der Waals surface area contributed by atoms with E-state index >= 15 is 0 Å². The number of piperidine rings is 1. The van der Waals surface area contributed by atoms with Crippen molar-refractivity contribution in [2.45, 2.75) is 31.1 Å². The highest BCUT2D eigenvalue weighted by atomic mass is 32.2. The third kappa shape index (κ3) is 3.86. The average Bonchev–Trinajstić information content (AvgIpc) is 2.38. The standard InChI is InChI=1S/C12H22N2O2S/c1-10-8-16-7-6-14(10)12(15)9-17-11-2-4-13-5-3-11/h10-11,13H,2-9H2,1H3. The molecule has 2 saturated heterocycles. The van der Waals surface area contributed by atoms with Gasteiger partial charge < -0.3 is 15.0 Å². The van der Waals surface area contributed by atoms with Gasteiger partial charge in [-0.2, -0.15) is 0 Å². The number of amides is 1. The van der Waals surface area contributed by atoms with Crippen molar-refractivity contribution in [2.24, 2.45) is 0 Å². The molecule has 0 bridgehead atoms. The molecule has 1 unspecified atom stereocenters. The molecule has 0 aliphatic carbocycles. The summed E-state index contributed by atoms with van der Waals surface area (Å²) in [5.41, 5.74) is 0. The van der Waals surface area contributed by atoms with E-state index in [0.29, 0.717) is 24.2 Å². The minimum atomic E-state index is 0.241. The summed E-state index contributed by atoms with van der Waals surface area (Å²) in [6.45, 7) is 6.39. The summed E-state index contributed by atoms with van der Waals surface area (Å²) in [4.78, 5) is 14.1. The van der Waals surface area contributed by atoms with Crippen molar-refractivity contribution >= 4 is 17.7 Å². The van der Waals surface area contributed by atoms with Gasteiger partial charge >= 0.3 is 0 Å². The molecule has 5 heteroatoms. The quantitative estimate of drug-likeness (QED) is 0.810. The molecular weight excluding hydrogens is 236 g/mol. The van der Waals surface area contributed by atoms with E-state index in [9.17, 15) is 4.79 Å². The lowest BCUT2D eigenvalue weighted by atomic mass is 10.2. The molecule has 1 amide bonds. The summed E-state index contributed by atoms with van der Waals surface area (Å²) >= 11 is 1.83. The summed E-state index contributed by atoms with van der Waals surface area (Å²) in [7, 11) is 0. The van der Waals surface area contributed by atoms with Crippen LogP contribution in [0.25, 0.3) is 0 Å². The molecule has 0 spiro atoms. The van der Waals surface area contributed by atoms with Gasteiger partial charge in [0.1, 0.15) is 0 Å². The van der Waals surface area contributed by atoms with Gasteiger partial charge in [0.2, 0.25) is 5.91 Å². The molecule has 2 rings (SSSR count). The Hall–Kier alpha value is -0.260. The lowest BCUT2D eigenvalue weighted by molar-refractivity contribution is -0.136. The highest BCUT2D eigenvalue weighted by molar-refractivity contribution is 8.00. The van der Waals surface area contributed by atoms with E-state index in [1.54, 1.807) is 0 Å². The Morgan fingerprint density at radius 2 is 2.24 bits per heavy atom. The van der Waals surface area contributed by atoms with E-state index in [-0.39, 0.29) is 11.9 Å². The first kappa shape index (κ1) is 13.2. The number of thioether (sulfide) groups is 1. The maximum absolute atomic E-state index is 12.1. The second kappa shape index (κ2) is 6.61. The van der Waals surface area contributed by atoms with E-state index in [4.69, 9.17) is 4.74 Å². The molecule has 2 heterocycles. The highest BCUT2D eigenvalue weighted by Gasteiger charge is 2.24. The van der Waals surface area contributed by atoms with E-state index in [2.05, 4.69) is 12.2 Å². The molecule has 1 atom stereocenters. The summed E-state index contributed by atoms with van der Waals surface area (Å²) in [6, 6.07) is 0.241. The molecule has 0 aromatic carbocycles. The third-order valence-electron chi connectivity index (χ3n) is 3.42. The normalized spacial score (nSPS) is 27.1. The molecule has 0 radical (unpaired) electrons. The molecule has 0 aromatic rings. The van der Waals surface area contributed by atoms with E-state index in [1.165, 1.54) is 12.8 Å². The predicted molar refractivity (Wildman–Crippen MR) is 70.3 cm³/mol. The lowest BCUT2D eigenvalue weighted by Crippen LogP contribution is -2.48. The van der Waals surface area contributed by atoms with Crippen LogP contribution in [0.3, 0.4) is 0 Å². The Bertz CT molecular complexity index is 257. The second-order valence-corrected chi connectivity index (χ2v) is 6.06. The number of carbonyl (C=O) groups excluding carboxylic acids is 1. The minimum absolute atomic E-state index is 0.241. The zero-order valence-corrected chi connectivity index (χ0v) is 11.3. The number of nitrogens with zero attached hydrogens (tertiary/aromatic N) is 1. The number of carbonyl (C=O) groups is 1. The molecule has 17 heavy (non-hydrogen) atoms. The number of hydrogen-bond acceptors (Lipinski definition) is 4. The Labute approximate surface area is 107 Å². The van der Waals surface area contributed by atoms with Crippen LogP contribution < -0.4 is 5.32 Å². The minimum Gasteiger partial charge on any atom is -0.377 e. The molecule has 0 aromatic heterocycles. The summed E-state index contributed by atoms with van der Waals surface area (Å²) < 4.78 is 5.35. The first-order valence-corrected chi connectivity index (χ1v) is 7.52. The van der Waals surface area contributed by atoms with Crippen LogP contribution in [0, 0.1) is 0 Å². The summed E-state index contributed by atoms with van der Waals surface area (Å²) in [5, 5.41) is 4.01. The predicted octanol–water partition coefficient (Wildman–Crippen LogP) is 0.719. The van der Waals surface area contributed by atoms with Crippen molar-refractivity contribution < 1.29 is 9.53 Å². The van der Waals surface area contributed by atoms with E-state index in [1.807, 2.05) is 16.7 Å². The number of rotatable bonds is 3. The Morgan fingerprint density at radius 1 is 1.47 bits per heavy atom. The zero-order valence-electron chi connectivity index (χ0n) is 10.5. The lowest BCUT2D eigenvalue weighted by Gasteiger charge is -2.33. The van der Waals surface area contributed by atoms with Crippen molar-refractivity contribution in [1.82, 2.24) is 10.2 Å². The van der Waals surface area contributed by atoms with Gasteiger partial charge in [-0.3, -0.25) is 4.79 Å². The third-order valence-corrected chi connectivity index (χ3v) is 4.77. The summed E-state index contributed by atoms with van der Waals surface area (Å²) in [5.74, 6) is 0.916. The summed E-state index contributed by atoms with van der Waals surface area (Å²) in [6.07, 6.45) is 2.38. The van der Waals surface area contributed by atoms with Crippen LogP contribution in [0.2, 0.25) is 0 Å². The van der Waals surface area contributed by atoms with Crippen molar-refractivity contribution in [3.63, 3.8) is 0 Å². The molecule has 2 fully saturated rings. The van der Waals surface area contributed by atoms with Gasteiger partial charge in [-0.1, -0.05) is 0 Å². The fraction of sp³-hybridized carbons (Fsp3) is 0.917. The maximum atomic E-state index is 12.1. The number of nitrogens with one attached hydrogen (secondary N) is 1. The molecule has 2 aliphatic rings. The Morgan fingerprint density at radius 3 is 2.94 bits per heavy atom. The number of ether oxygens (including phenoxy) is 1. The molecule has 1 N–H and O–H groups in total. The topological polar surface area (TPSA) is 41.6 Å². The maximum Gasteiger partial charge on any atom is 0.232 e. The van der Waals surface area contributed by atoms with Gasteiger partial charge in [-0.25, -0.2) is 0 Å². The fourth-order valence-electron chi connectivity index (χ4n) is 2.33. The van der Waals surface area contributed by atoms with Crippen LogP contribution >= 0.6 is 11.8 Å². The Kier molecular flexibility index (Phi) is 5.13. The van der Waals surface area contributed by atoms with Crippen LogP contribution in [0.5, 0.6) is 0 Å². The van der Waals surface area contributed by atoms with Crippen LogP contribution in [-0.4, -0.2) is 60.7 Å². The molecule has 0 saturated carbocycles. The first-order chi connectivity index (χ1) is 8.27. The van der Waals surface area contributed by atoms with E-state index < -0.39 is 0 Å². The SMILES string of the molecule is CC1COCCN1C(=O)CSC1CCNCC1. The molecule has 4 nitrogen and oxygen atoms in total. The molecular formula is C12H22N2O2S. The fourth-order valence-corrected chi connectivity index (χ4v) is 3.44. The average molecular weight is 258 g/mol. The molecule has 2 aliphatic heterocycles. The van der Waals surface area contributed by atoms with Crippen LogP contribution in [0.1, 0.15) is 19.8 Å². The van der Waals surface area contributed by atoms with Crippen molar-refractivity contribution in [3.8, 4) is 0 Å².